The molecule has 1 aliphatic carbocycles. The number of halogens is 1. The van der Waals surface area contributed by atoms with Crippen LogP contribution in [-0.4, -0.2) is 25.8 Å². The standard InChI is InChI=1S/C15H22ClNO/c1-2-18-11-13(10-17-15-7-8-15)9-12-3-5-14(16)6-4-12/h3-6,13,15,17H,2,7-11H2,1H3. The van der Waals surface area contributed by atoms with Crippen molar-refractivity contribution in [2.45, 2.75) is 32.2 Å². The van der Waals surface area contributed by atoms with Crippen LogP contribution in [0, 0.1) is 5.92 Å². The smallest absolute Gasteiger partial charge is 0.0509 e. The van der Waals surface area contributed by atoms with Crippen molar-refractivity contribution in [2.75, 3.05) is 19.8 Å². The quantitative estimate of drug-likeness (QED) is 0.780. The summed E-state index contributed by atoms with van der Waals surface area (Å²) in [5.74, 6) is 0.548. The molecule has 0 saturated heterocycles. The van der Waals surface area contributed by atoms with Gasteiger partial charge in [0.05, 0.1) is 6.61 Å². The predicted octanol–water partition coefficient (Wildman–Crippen LogP) is 3.29. The summed E-state index contributed by atoms with van der Waals surface area (Å²) in [5, 5.41) is 4.39. The lowest BCUT2D eigenvalue weighted by Crippen LogP contribution is -2.29. The molecule has 1 aromatic carbocycles. The monoisotopic (exact) mass is 267 g/mol. The van der Waals surface area contributed by atoms with Crippen LogP contribution in [0.4, 0.5) is 0 Å². The van der Waals surface area contributed by atoms with Crippen LogP contribution in [0.2, 0.25) is 5.02 Å². The van der Waals surface area contributed by atoms with E-state index in [4.69, 9.17) is 16.3 Å². The van der Waals surface area contributed by atoms with E-state index in [0.29, 0.717) is 5.92 Å². The van der Waals surface area contributed by atoms with Crippen molar-refractivity contribution < 1.29 is 4.74 Å². The zero-order valence-electron chi connectivity index (χ0n) is 11.0. The van der Waals surface area contributed by atoms with Crippen LogP contribution < -0.4 is 5.32 Å². The predicted molar refractivity (Wildman–Crippen MR) is 76.2 cm³/mol. The zero-order chi connectivity index (χ0) is 12.8. The summed E-state index contributed by atoms with van der Waals surface area (Å²) >= 11 is 5.91. The summed E-state index contributed by atoms with van der Waals surface area (Å²) in [6.45, 7) is 4.72. The van der Waals surface area contributed by atoms with E-state index in [1.54, 1.807) is 0 Å². The molecule has 0 aliphatic heterocycles. The number of hydrogen-bond acceptors (Lipinski definition) is 2. The lowest BCUT2D eigenvalue weighted by Gasteiger charge is -2.17. The van der Waals surface area contributed by atoms with Gasteiger partial charge in [0.15, 0.2) is 0 Å². The summed E-state index contributed by atoms with van der Waals surface area (Å²) < 4.78 is 5.58. The van der Waals surface area contributed by atoms with E-state index in [1.807, 2.05) is 19.1 Å². The van der Waals surface area contributed by atoms with E-state index >= 15 is 0 Å². The number of benzene rings is 1. The fourth-order valence-electron chi connectivity index (χ4n) is 2.05. The second-order valence-corrected chi connectivity index (χ2v) is 5.48. The maximum Gasteiger partial charge on any atom is 0.0509 e. The van der Waals surface area contributed by atoms with E-state index in [0.717, 1.165) is 37.2 Å². The van der Waals surface area contributed by atoms with Crippen LogP contribution in [0.25, 0.3) is 0 Å². The average molecular weight is 268 g/mol. The Hall–Kier alpha value is -0.570. The molecule has 1 unspecified atom stereocenters. The second-order valence-electron chi connectivity index (χ2n) is 5.04. The van der Waals surface area contributed by atoms with Crippen molar-refractivity contribution in [2.24, 2.45) is 5.92 Å². The van der Waals surface area contributed by atoms with Gasteiger partial charge in [0, 0.05) is 24.2 Å². The molecule has 1 aliphatic rings. The molecule has 1 fully saturated rings. The Balaban J connectivity index is 1.83. The first-order valence-electron chi connectivity index (χ1n) is 6.83. The summed E-state index contributed by atoms with van der Waals surface area (Å²) in [4.78, 5) is 0. The Labute approximate surface area is 115 Å². The van der Waals surface area contributed by atoms with Gasteiger partial charge in [0.1, 0.15) is 0 Å². The van der Waals surface area contributed by atoms with Gasteiger partial charge in [-0.2, -0.15) is 0 Å². The molecule has 1 N–H and O–H groups in total. The number of nitrogens with one attached hydrogen (secondary N) is 1. The van der Waals surface area contributed by atoms with E-state index in [-0.39, 0.29) is 0 Å². The second kappa shape index (κ2) is 7.13. The van der Waals surface area contributed by atoms with Crippen LogP contribution >= 0.6 is 11.6 Å². The molecule has 18 heavy (non-hydrogen) atoms. The normalized spacial score (nSPS) is 16.8. The van der Waals surface area contributed by atoms with Gasteiger partial charge in [-0.25, -0.2) is 0 Å². The van der Waals surface area contributed by atoms with Crippen LogP contribution in [0.15, 0.2) is 24.3 Å². The fourth-order valence-corrected chi connectivity index (χ4v) is 2.18. The molecule has 0 aromatic heterocycles. The number of ether oxygens (including phenoxy) is 1. The minimum absolute atomic E-state index is 0.548. The lowest BCUT2D eigenvalue weighted by molar-refractivity contribution is 0.109. The summed E-state index contributed by atoms with van der Waals surface area (Å²) in [6, 6.07) is 8.90. The molecule has 0 bridgehead atoms. The first-order chi connectivity index (χ1) is 8.78. The third-order valence-electron chi connectivity index (χ3n) is 3.27. The van der Waals surface area contributed by atoms with E-state index in [2.05, 4.69) is 17.4 Å². The van der Waals surface area contributed by atoms with Gasteiger partial charge >= 0.3 is 0 Å². The third-order valence-corrected chi connectivity index (χ3v) is 3.52. The van der Waals surface area contributed by atoms with Gasteiger partial charge in [-0.1, -0.05) is 23.7 Å². The SMILES string of the molecule is CCOCC(CNC1CC1)Cc1ccc(Cl)cc1. The Morgan fingerprint density at radius 1 is 1.33 bits per heavy atom. The molecule has 0 radical (unpaired) electrons. The molecule has 1 saturated carbocycles. The highest BCUT2D eigenvalue weighted by Crippen LogP contribution is 2.20. The molecule has 1 aromatic rings. The molecular formula is C15H22ClNO. The molecule has 2 rings (SSSR count). The Bertz CT molecular complexity index is 348. The van der Waals surface area contributed by atoms with E-state index in [9.17, 15) is 0 Å². The topological polar surface area (TPSA) is 21.3 Å². The Kier molecular flexibility index (Phi) is 5.48. The third kappa shape index (κ3) is 4.97. The first-order valence-corrected chi connectivity index (χ1v) is 7.21. The lowest BCUT2D eigenvalue weighted by atomic mass is 10.00. The van der Waals surface area contributed by atoms with Gasteiger partial charge < -0.3 is 10.1 Å². The Morgan fingerprint density at radius 3 is 2.67 bits per heavy atom. The molecule has 0 heterocycles. The van der Waals surface area contributed by atoms with E-state index < -0.39 is 0 Å². The molecular weight excluding hydrogens is 246 g/mol. The summed E-state index contributed by atoms with van der Waals surface area (Å²) in [7, 11) is 0. The minimum Gasteiger partial charge on any atom is -0.381 e. The molecule has 1 atom stereocenters. The maximum atomic E-state index is 5.91. The van der Waals surface area contributed by atoms with Crippen molar-refractivity contribution in [3.63, 3.8) is 0 Å². The molecule has 100 valence electrons. The van der Waals surface area contributed by atoms with Crippen LogP contribution in [0.5, 0.6) is 0 Å². The average Bonchev–Trinajstić information content (AvgIpc) is 3.19. The zero-order valence-corrected chi connectivity index (χ0v) is 11.7. The van der Waals surface area contributed by atoms with Gasteiger partial charge in [0.2, 0.25) is 0 Å². The van der Waals surface area contributed by atoms with Gasteiger partial charge in [-0.15, -0.1) is 0 Å². The minimum atomic E-state index is 0.548. The van der Waals surface area contributed by atoms with Crippen LogP contribution in [0.3, 0.4) is 0 Å². The van der Waals surface area contributed by atoms with Crippen molar-refractivity contribution >= 4 is 11.6 Å². The van der Waals surface area contributed by atoms with Crippen molar-refractivity contribution in [1.82, 2.24) is 5.32 Å². The van der Waals surface area contributed by atoms with Crippen molar-refractivity contribution in [3.05, 3.63) is 34.9 Å². The molecule has 0 amide bonds. The van der Waals surface area contributed by atoms with Gasteiger partial charge in [-0.3, -0.25) is 0 Å². The largest absolute Gasteiger partial charge is 0.381 e. The highest BCUT2D eigenvalue weighted by molar-refractivity contribution is 6.30. The van der Waals surface area contributed by atoms with E-state index in [1.165, 1.54) is 18.4 Å². The van der Waals surface area contributed by atoms with Crippen LogP contribution in [-0.2, 0) is 11.2 Å². The summed E-state index contributed by atoms with van der Waals surface area (Å²) in [6.07, 6.45) is 3.72. The number of hydrogen-bond donors (Lipinski definition) is 1. The van der Waals surface area contributed by atoms with Crippen molar-refractivity contribution in [1.29, 1.82) is 0 Å². The fraction of sp³-hybridized carbons (Fsp3) is 0.600. The highest BCUT2D eigenvalue weighted by atomic mass is 35.5. The highest BCUT2D eigenvalue weighted by Gasteiger charge is 2.22. The molecule has 3 heteroatoms. The van der Waals surface area contributed by atoms with Gasteiger partial charge in [0.25, 0.3) is 0 Å². The van der Waals surface area contributed by atoms with Crippen molar-refractivity contribution in [3.8, 4) is 0 Å². The number of rotatable bonds is 8. The molecule has 2 nitrogen and oxygen atoms in total. The Morgan fingerprint density at radius 2 is 2.06 bits per heavy atom. The van der Waals surface area contributed by atoms with Gasteiger partial charge in [-0.05, 0) is 49.8 Å². The first kappa shape index (κ1) is 13.9. The maximum absolute atomic E-state index is 5.91. The summed E-state index contributed by atoms with van der Waals surface area (Å²) in [5.41, 5.74) is 1.33. The van der Waals surface area contributed by atoms with Crippen LogP contribution in [0.1, 0.15) is 25.3 Å². The molecule has 0 spiro atoms.